The van der Waals surface area contributed by atoms with Crippen molar-refractivity contribution in [2.75, 3.05) is 5.32 Å². The van der Waals surface area contributed by atoms with Crippen molar-refractivity contribution < 1.29 is 9.32 Å². The van der Waals surface area contributed by atoms with Crippen LogP contribution in [0.1, 0.15) is 18.3 Å². The second-order valence-electron chi connectivity index (χ2n) is 5.63. The molecule has 0 unspecified atom stereocenters. The van der Waals surface area contributed by atoms with Gasteiger partial charge in [0, 0.05) is 18.0 Å². The molecule has 0 aliphatic rings. The Morgan fingerprint density at radius 3 is 2.84 bits per heavy atom. The van der Waals surface area contributed by atoms with Crippen LogP contribution in [0.25, 0.3) is 11.5 Å². The molecule has 2 aromatic heterocycles. The number of anilines is 1. The maximum Gasteiger partial charge on any atom is 0.259 e. The Balaban J connectivity index is 1.77. The van der Waals surface area contributed by atoms with Gasteiger partial charge in [0.25, 0.3) is 11.4 Å². The van der Waals surface area contributed by atoms with E-state index in [4.69, 9.17) is 4.52 Å². The molecule has 7 heteroatoms. The van der Waals surface area contributed by atoms with Crippen LogP contribution in [-0.2, 0) is 17.8 Å². The minimum atomic E-state index is -0.283. The molecule has 0 fully saturated rings. The highest BCUT2D eigenvalue weighted by atomic mass is 16.5. The highest BCUT2D eigenvalue weighted by Crippen LogP contribution is 2.15. The van der Waals surface area contributed by atoms with Gasteiger partial charge in [-0.15, -0.1) is 0 Å². The van der Waals surface area contributed by atoms with Crippen LogP contribution in [0.4, 0.5) is 5.69 Å². The molecule has 128 valence electrons. The fraction of sp³-hybridized carbons (Fsp3) is 0.222. The normalized spacial score (nSPS) is 10.6. The van der Waals surface area contributed by atoms with E-state index in [0.717, 1.165) is 12.0 Å². The number of amides is 1. The molecule has 0 radical (unpaired) electrons. The number of nitrogens with zero attached hydrogens (tertiary/aromatic N) is 3. The van der Waals surface area contributed by atoms with Gasteiger partial charge in [-0.25, -0.2) is 0 Å². The van der Waals surface area contributed by atoms with Crippen LogP contribution >= 0.6 is 0 Å². The number of carbonyl (C=O) groups excluding carboxylic acids is 1. The number of hydrogen-bond donors (Lipinski definition) is 1. The van der Waals surface area contributed by atoms with Crippen molar-refractivity contribution in [2.45, 2.75) is 26.8 Å². The van der Waals surface area contributed by atoms with Gasteiger partial charge < -0.3 is 14.4 Å². The molecule has 0 atom stereocenters. The molecule has 1 aromatic carbocycles. The molecule has 25 heavy (non-hydrogen) atoms. The largest absolute Gasteiger partial charge is 0.334 e. The second kappa shape index (κ2) is 7.12. The van der Waals surface area contributed by atoms with Crippen LogP contribution < -0.4 is 10.9 Å². The van der Waals surface area contributed by atoms with E-state index in [1.807, 2.05) is 31.2 Å². The van der Waals surface area contributed by atoms with Gasteiger partial charge in [-0.05, 0) is 37.1 Å². The van der Waals surface area contributed by atoms with Crippen LogP contribution in [-0.4, -0.2) is 20.6 Å². The van der Waals surface area contributed by atoms with Gasteiger partial charge >= 0.3 is 0 Å². The third-order valence-corrected chi connectivity index (χ3v) is 3.69. The van der Waals surface area contributed by atoms with E-state index >= 15 is 0 Å². The van der Waals surface area contributed by atoms with Crippen molar-refractivity contribution in [1.29, 1.82) is 0 Å². The van der Waals surface area contributed by atoms with E-state index < -0.39 is 0 Å². The highest BCUT2D eigenvalue weighted by molar-refractivity contribution is 5.90. The molecule has 2 heterocycles. The van der Waals surface area contributed by atoms with Gasteiger partial charge in [-0.1, -0.05) is 24.2 Å². The molecule has 0 saturated heterocycles. The van der Waals surface area contributed by atoms with Gasteiger partial charge in [0.05, 0.1) is 5.56 Å². The van der Waals surface area contributed by atoms with Gasteiger partial charge in [-0.3, -0.25) is 9.59 Å². The number of aromatic nitrogens is 3. The molecule has 1 N–H and O–H groups in total. The Hall–Kier alpha value is -3.22. The van der Waals surface area contributed by atoms with E-state index in [-0.39, 0.29) is 18.0 Å². The summed E-state index contributed by atoms with van der Waals surface area (Å²) in [6, 6.07) is 10.6. The Morgan fingerprint density at radius 1 is 1.28 bits per heavy atom. The summed E-state index contributed by atoms with van der Waals surface area (Å²) in [4.78, 5) is 28.4. The number of nitrogens with one attached hydrogen (secondary N) is 1. The zero-order valence-electron chi connectivity index (χ0n) is 14.0. The first-order valence-corrected chi connectivity index (χ1v) is 7.95. The summed E-state index contributed by atoms with van der Waals surface area (Å²) in [6.07, 6.45) is 2.42. The minimum absolute atomic E-state index is 0.101. The van der Waals surface area contributed by atoms with E-state index in [0.29, 0.717) is 23.0 Å². The summed E-state index contributed by atoms with van der Waals surface area (Å²) in [5, 5.41) is 6.53. The lowest BCUT2D eigenvalue weighted by Crippen LogP contribution is -2.26. The highest BCUT2D eigenvalue weighted by Gasteiger charge is 2.10. The summed E-state index contributed by atoms with van der Waals surface area (Å²) in [7, 11) is 0. The van der Waals surface area contributed by atoms with Crippen molar-refractivity contribution >= 4 is 11.6 Å². The second-order valence-corrected chi connectivity index (χ2v) is 5.63. The summed E-state index contributed by atoms with van der Waals surface area (Å²) < 4.78 is 6.41. The van der Waals surface area contributed by atoms with Gasteiger partial charge in [0.2, 0.25) is 5.91 Å². The first kappa shape index (κ1) is 16.6. The quantitative estimate of drug-likeness (QED) is 0.771. The number of aryl methyl sites for hydroxylation is 2. The number of hydrogen-bond acceptors (Lipinski definition) is 5. The van der Waals surface area contributed by atoms with E-state index in [1.54, 1.807) is 13.0 Å². The average molecular weight is 338 g/mol. The molecule has 3 rings (SSSR count). The lowest BCUT2D eigenvalue weighted by molar-refractivity contribution is -0.116. The molecule has 7 nitrogen and oxygen atoms in total. The summed E-state index contributed by atoms with van der Waals surface area (Å²) in [5.74, 6) is 0.526. The van der Waals surface area contributed by atoms with Crippen LogP contribution in [0.15, 0.2) is 51.9 Å². The van der Waals surface area contributed by atoms with E-state index in [2.05, 4.69) is 15.5 Å². The summed E-state index contributed by atoms with van der Waals surface area (Å²) >= 11 is 0. The lowest BCUT2D eigenvalue weighted by Gasteiger charge is -2.09. The van der Waals surface area contributed by atoms with E-state index in [9.17, 15) is 9.59 Å². The third kappa shape index (κ3) is 4.00. The van der Waals surface area contributed by atoms with Crippen molar-refractivity contribution in [3.63, 3.8) is 0 Å². The minimum Gasteiger partial charge on any atom is -0.334 e. The Morgan fingerprint density at radius 2 is 2.12 bits per heavy atom. The molecule has 0 spiro atoms. The number of pyridine rings is 1. The van der Waals surface area contributed by atoms with Gasteiger partial charge in [-0.2, -0.15) is 4.98 Å². The van der Waals surface area contributed by atoms with E-state index in [1.165, 1.54) is 16.8 Å². The molecule has 1 amide bonds. The number of benzene rings is 1. The van der Waals surface area contributed by atoms with Crippen LogP contribution in [0.3, 0.4) is 0 Å². The molecule has 0 bridgehead atoms. The standard InChI is InChI=1S/C18H18N4O3/c1-3-13-5-4-6-15(9-13)20-16(23)11-22-10-14(7-8-17(22)24)18-19-12(2)21-25-18/h4-10H,3,11H2,1-2H3,(H,20,23). The predicted octanol–water partition coefficient (Wildman–Crippen LogP) is 2.41. The molecule has 0 aliphatic heterocycles. The zero-order valence-corrected chi connectivity index (χ0v) is 14.0. The zero-order chi connectivity index (χ0) is 17.8. The molecule has 3 aromatic rings. The molecular weight excluding hydrogens is 320 g/mol. The Kier molecular flexibility index (Phi) is 4.74. The number of carbonyl (C=O) groups is 1. The first-order valence-electron chi connectivity index (χ1n) is 7.95. The number of rotatable bonds is 5. The van der Waals surface area contributed by atoms with Crippen molar-refractivity contribution in [3.8, 4) is 11.5 Å². The Labute approximate surface area is 144 Å². The fourth-order valence-electron chi connectivity index (χ4n) is 2.42. The van der Waals surface area contributed by atoms with Crippen LogP contribution in [0.2, 0.25) is 0 Å². The maximum atomic E-state index is 12.3. The van der Waals surface area contributed by atoms with Crippen molar-refractivity contribution in [2.24, 2.45) is 0 Å². The van der Waals surface area contributed by atoms with Crippen LogP contribution in [0, 0.1) is 6.92 Å². The van der Waals surface area contributed by atoms with Gasteiger partial charge in [0.15, 0.2) is 5.82 Å². The lowest BCUT2D eigenvalue weighted by atomic mass is 10.1. The van der Waals surface area contributed by atoms with Crippen molar-refractivity contribution in [1.82, 2.24) is 14.7 Å². The van der Waals surface area contributed by atoms with Gasteiger partial charge in [0.1, 0.15) is 6.54 Å². The molecular formula is C18H18N4O3. The molecule has 0 saturated carbocycles. The summed E-state index contributed by atoms with van der Waals surface area (Å²) in [5.41, 5.74) is 2.14. The fourth-order valence-corrected chi connectivity index (χ4v) is 2.42. The first-order chi connectivity index (χ1) is 12.0. The average Bonchev–Trinajstić information content (AvgIpc) is 3.03. The topological polar surface area (TPSA) is 90.0 Å². The SMILES string of the molecule is CCc1cccc(NC(=O)Cn2cc(-c3nc(C)no3)ccc2=O)c1. The van der Waals surface area contributed by atoms with Crippen LogP contribution in [0.5, 0.6) is 0 Å². The monoisotopic (exact) mass is 338 g/mol. The maximum absolute atomic E-state index is 12.3. The summed E-state index contributed by atoms with van der Waals surface area (Å²) in [6.45, 7) is 3.66. The Bertz CT molecular complexity index is 959. The molecule has 0 aliphatic carbocycles. The smallest absolute Gasteiger partial charge is 0.259 e. The third-order valence-electron chi connectivity index (χ3n) is 3.69. The predicted molar refractivity (Wildman–Crippen MR) is 93.2 cm³/mol. The van der Waals surface area contributed by atoms with Crippen molar-refractivity contribution in [3.05, 3.63) is 64.3 Å².